The molecule has 8 nitrogen and oxygen atoms in total. The third-order valence-electron chi connectivity index (χ3n) is 6.23. The number of rotatable bonds is 6. The Hall–Kier alpha value is -2.00. The molecule has 0 amide bonds. The molecule has 4 rings (SSSR count). The Bertz CT molecular complexity index is 935. The van der Waals surface area contributed by atoms with Crippen LogP contribution in [0, 0.1) is 0 Å². The Balaban J connectivity index is 1.55. The van der Waals surface area contributed by atoms with Gasteiger partial charge in [0.15, 0.2) is 0 Å². The van der Waals surface area contributed by atoms with Gasteiger partial charge in [0.1, 0.15) is 17.0 Å². The molecule has 1 aliphatic carbocycles. The van der Waals surface area contributed by atoms with Crippen molar-refractivity contribution in [1.29, 1.82) is 0 Å². The highest BCUT2D eigenvalue weighted by Crippen LogP contribution is 2.46. The number of hydrogen-bond donors (Lipinski definition) is 1. The molecule has 1 saturated carbocycles. The Morgan fingerprint density at radius 3 is 2.68 bits per heavy atom. The van der Waals surface area contributed by atoms with Crippen LogP contribution in [0.3, 0.4) is 0 Å². The fourth-order valence-corrected chi connectivity index (χ4v) is 6.51. The first-order chi connectivity index (χ1) is 13.4. The molecule has 0 aromatic carbocycles. The molecule has 2 aromatic rings. The molecule has 1 aliphatic heterocycles. The van der Waals surface area contributed by atoms with E-state index < -0.39 is 10.0 Å². The first kappa shape index (κ1) is 19.3. The summed E-state index contributed by atoms with van der Waals surface area (Å²) in [5.74, 6) is 0.944. The van der Waals surface area contributed by atoms with Crippen molar-refractivity contribution >= 4 is 15.7 Å². The topological polar surface area (TPSA) is 93.0 Å². The standard InChI is InChI=1S/C19H28N6O2S/c1-15(18-23-22-14-24(18)2)12-21-16-6-10-20-13-17(16)28(26,27)25-11-9-19(25)7-4-3-5-8-19/h6,10,13-15H,3-5,7-9,11-12H2,1-2H3,(H,20,21). The second kappa shape index (κ2) is 7.44. The van der Waals surface area contributed by atoms with Gasteiger partial charge in [-0.15, -0.1) is 10.2 Å². The van der Waals surface area contributed by atoms with E-state index in [2.05, 4.69) is 20.5 Å². The van der Waals surface area contributed by atoms with Gasteiger partial charge >= 0.3 is 0 Å². The lowest BCUT2D eigenvalue weighted by atomic mass is 9.75. The lowest BCUT2D eigenvalue weighted by molar-refractivity contribution is 0.0333. The SMILES string of the molecule is CC(CNc1ccncc1S(=O)(=O)N1CCC12CCCCC2)c1nncn1C. The summed E-state index contributed by atoms with van der Waals surface area (Å²) in [5, 5.41) is 11.4. The maximum Gasteiger partial charge on any atom is 0.247 e. The third-order valence-corrected chi connectivity index (χ3v) is 8.26. The molecule has 2 aliphatic rings. The zero-order valence-electron chi connectivity index (χ0n) is 16.5. The molecule has 1 unspecified atom stereocenters. The summed E-state index contributed by atoms with van der Waals surface area (Å²) in [4.78, 5) is 4.37. The molecule has 1 spiro atoms. The number of pyridine rings is 1. The summed E-state index contributed by atoms with van der Waals surface area (Å²) in [6.07, 6.45) is 11.1. The van der Waals surface area contributed by atoms with Crippen molar-refractivity contribution in [3.05, 3.63) is 30.6 Å². The Morgan fingerprint density at radius 1 is 1.25 bits per heavy atom. The summed E-state index contributed by atoms with van der Waals surface area (Å²) in [6.45, 7) is 3.20. The summed E-state index contributed by atoms with van der Waals surface area (Å²) >= 11 is 0. The van der Waals surface area contributed by atoms with Gasteiger partial charge in [0.05, 0.1) is 5.69 Å². The van der Waals surface area contributed by atoms with Crippen LogP contribution in [0.4, 0.5) is 5.69 Å². The summed E-state index contributed by atoms with van der Waals surface area (Å²) in [5.41, 5.74) is 0.428. The Morgan fingerprint density at radius 2 is 2.04 bits per heavy atom. The summed E-state index contributed by atoms with van der Waals surface area (Å²) in [6, 6.07) is 1.74. The summed E-state index contributed by atoms with van der Waals surface area (Å²) < 4.78 is 30.5. The largest absolute Gasteiger partial charge is 0.383 e. The Kier molecular flexibility index (Phi) is 5.13. The predicted molar refractivity (Wildman–Crippen MR) is 106 cm³/mol. The van der Waals surface area contributed by atoms with E-state index in [-0.39, 0.29) is 16.4 Å². The monoisotopic (exact) mass is 404 g/mol. The normalized spacial score (nSPS) is 20.6. The van der Waals surface area contributed by atoms with Gasteiger partial charge in [0, 0.05) is 44.0 Å². The molecular formula is C19H28N6O2S. The van der Waals surface area contributed by atoms with E-state index in [1.165, 1.54) is 12.6 Å². The molecular weight excluding hydrogens is 376 g/mol. The minimum absolute atomic E-state index is 0.0879. The second-order valence-electron chi connectivity index (χ2n) is 8.07. The molecule has 9 heteroatoms. The number of aromatic nitrogens is 4. The van der Waals surface area contributed by atoms with Gasteiger partial charge in [-0.25, -0.2) is 8.42 Å². The average molecular weight is 405 g/mol. The number of nitrogens with zero attached hydrogens (tertiary/aromatic N) is 5. The van der Waals surface area contributed by atoms with Crippen molar-refractivity contribution in [1.82, 2.24) is 24.1 Å². The van der Waals surface area contributed by atoms with Gasteiger partial charge in [-0.1, -0.05) is 26.2 Å². The number of anilines is 1. The second-order valence-corrected chi connectivity index (χ2v) is 9.90. The van der Waals surface area contributed by atoms with Gasteiger partial charge < -0.3 is 9.88 Å². The van der Waals surface area contributed by atoms with Crippen LogP contribution in [0.5, 0.6) is 0 Å². The van der Waals surface area contributed by atoms with E-state index in [1.807, 2.05) is 18.5 Å². The van der Waals surface area contributed by atoms with E-state index in [4.69, 9.17) is 0 Å². The van der Waals surface area contributed by atoms with E-state index in [0.29, 0.717) is 18.8 Å². The fourth-order valence-electron chi connectivity index (χ4n) is 4.55. The number of nitrogens with one attached hydrogen (secondary N) is 1. The molecule has 1 atom stereocenters. The van der Waals surface area contributed by atoms with Crippen molar-refractivity contribution < 1.29 is 8.42 Å². The van der Waals surface area contributed by atoms with Gasteiger partial charge in [-0.05, 0) is 25.3 Å². The smallest absolute Gasteiger partial charge is 0.247 e. The van der Waals surface area contributed by atoms with Crippen LogP contribution in [-0.4, -0.2) is 51.1 Å². The van der Waals surface area contributed by atoms with Crippen LogP contribution >= 0.6 is 0 Å². The molecule has 1 saturated heterocycles. The fraction of sp³-hybridized carbons (Fsp3) is 0.632. The van der Waals surface area contributed by atoms with Crippen molar-refractivity contribution in [2.75, 3.05) is 18.4 Å². The maximum atomic E-state index is 13.5. The van der Waals surface area contributed by atoms with Crippen LogP contribution in [-0.2, 0) is 17.1 Å². The Labute approximate surface area is 166 Å². The van der Waals surface area contributed by atoms with Gasteiger partial charge in [-0.2, -0.15) is 4.31 Å². The van der Waals surface area contributed by atoms with Crippen molar-refractivity contribution in [2.45, 2.75) is 61.8 Å². The lowest BCUT2D eigenvalue weighted by Crippen LogP contribution is -2.62. The van der Waals surface area contributed by atoms with Gasteiger partial charge in [-0.3, -0.25) is 4.98 Å². The lowest BCUT2D eigenvalue weighted by Gasteiger charge is -2.53. The quantitative estimate of drug-likeness (QED) is 0.795. The molecule has 1 N–H and O–H groups in total. The number of sulfonamides is 1. The van der Waals surface area contributed by atoms with Gasteiger partial charge in [0.25, 0.3) is 0 Å². The number of aryl methyl sites for hydroxylation is 1. The van der Waals surface area contributed by atoms with Crippen LogP contribution in [0.15, 0.2) is 29.7 Å². The zero-order chi connectivity index (χ0) is 19.8. The molecule has 2 fully saturated rings. The van der Waals surface area contributed by atoms with E-state index in [9.17, 15) is 8.42 Å². The van der Waals surface area contributed by atoms with Crippen LogP contribution in [0.25, 0.3) is 0 Å². The first-order valence-corrected chi connectivity index (χ1v) is 11.4. The first-order valence-electron chi connectivity index (χ1n) is 9.99. The number of hydrogen-bond acceptors (Lipinski definition) is 6. The molecule has 3 heterocycles. The van der Waals surface area contributed by atoms with E-state index in [0.717, 1.165) is 37.9 Å². The highest BCUT2D eigenvalue weighted by molar-refractivity contribution is 7.89. The molecule has 0 bridgehead atoms. The van der Waals surface area contributed by atoms with Crippen LogP contribution < -0.4 is 5.32 Å². The maximum absolute atomic E-state index is 13.5. The molecule has 28 heavy (non-hydrogen) atoms. The van der Waals surface area contributed by atoms with E-state index in [1.54, 1.807) is 22.9 Å². The van der Waals surface area contributed by atoms with Crippen molar-refractivity contribution in [3.63, 3.8) is 0 Å². The van der Waals surface area contributed by atoms with Gasteiger partial charge in [0.2, 0.25) is 10.0 Å². The zero-order valence-corrected chi connectivity index (χ0v) is 17.3. The van der Waals surface area contributed by atoms with Crippen molar-refractivity contribution in [3.8, 4) is 0 Å². The van der Waals surface area contributed by atoms with E-state index >= 15 is 0 Å². The van der Waals surface area contributed by atoms with Crippen LogP contribution in [0.2, 0.25) is 0 Å². The molecule has 152 valence electrons. The third kappa shape index (κ3) is 3.30. The average Bonchev–Trinajstić information content (AvgIpc) is 3.12. The summed E-state index contributed by atoms with van der Waals surface area (Å²) in [7, 11) is -1.67. The predicted octanol–water partition coefficient (Wildman–Crippen LogP) is 2.52. The van der Waals surface area contributed by atoms with Crippen molar-refractivity contribution in [2.24, 2.45) is 7.05 Å². The highest BCUT2D eigenvalue weighted by Gasteiger charge is 2.51. The molecule has 2 aromatic heterocycles. The molecule has 0 radical (unpaired) electrons. The van der Waals surface area contributed by atoms with Crippen LogP contribution in [0.1, 0.15) is 57.2 Å². The minimum atomic E-state index is -3.58. The highest BCUT2D eigenvalue weighted by atomic mass is 32.2. The minimum Gasteiger partial charge on any atom is -0.383 e.